The molecular formula is C22H29N5O3. The Bertz CT molecular complexity index is 985. The van der Waals surface area contributed by atoms with Crippen LogP contribution < -0.4 is 11.0 Å². The molecule has 3 heterocycles. The second kappa shape index (κ2) is 9.65. The van der Waals surface area contributed by atoms with Crippen LogP contribution in [-0.4, -0.2) is 50.9 Å². The molecule has 160 valence electrons. The number of hydrogen-bond donors (Lipinski definition) is 1. The van der Waals surface area contributed by atoms with Crippen molar-refractivity contribution < 1.29 is 9.59 Å². The molecule has 3 rings (SSSR count). The van der Waals surface area contributed by atoms with Gasteiger partial charge in [-0.15, -0.1) is 0 Å². The van der Waals surface area contributed by atoms with Gasteiger partial charge in [0.15, 0.2) is 0 Å². The van der Waals surface area contributed by atoms with Gasteiger partial charge in [0.2, 0.25) is 5.91 Å². The van der Waals surface area contributed by atoms with Crippen molar-refractivity contribution in [3.05, 3.63) is 57.5 Å². The monoisotopic (exact) mass is 411 g/mol. The normalized spacial score (nSPS) is 16.0. The number of amides is 2. The van der Waals surface area contributed by atoms with Crippen molar-refractivity contribution in [2.45, 2.75) is 46.6 Å². The summed E-state index contributed by atoms with van der Waals surface area (Å²) in [5, 5.41) is 2.85. The first-order valence-electron chi connectivity index (χ1n) is 10.4. The Balaban J connectivity index is 1.55. The van der Waals surface area contributed by atoms with Gasteiger partial charge < -0.3 is 10.2 Å². The Kier molecular flexibility index (Phi) is 6.97. The lowest BCUT2D eigenvalue weighted by Gasteiger charge is -2.15. The van der Waals surface area contributed by atoms with E-state index in [1.165, 1.54) is 0 Å². The van der Waals surface area contributed by atoms with Crippen molar-refractivity contribution in [3.63, 3.8) is 0 Å². The fourth-order valence-electron chi connectivity index (χ4n) is 3.94. The van der Waals surface area contributed by atoms with Crippen LogP contribution in [0.4, 0.5) is 0 Å². The van der Waals surface area contributed by atoms with Gasteiger partial charge >= 0.3 is 5.69 Å². The van der Waals surface area contributed by atoms with Crippen LogP contribution in [0.25, 0.3) is 0 Å². The predicted octanol–water partition coefficient (Wildman–Crippen LogP) is 1.49. The quantitative estimate of drug-likeness (QED) is 0.744. The summed E-state index contributed by atoms with van der Waals surface area (Å²) < 4.78 is 1.55. The van der Waals surface area contributed by atoms with Crippen molar-refractivity contribution >= 4 is 11.8 Å². The number of carbonyl (C=O) groups excluding carboxylic acids is 2. The van der Waals surface area contributed by atoms with Gasteiger partial charge in [0, 0.05) is 56.4 Å². The zero-order chi connectivity index (χ0) is 21.7. The lowest BCUT2D eigenvalue weighted by molar-refractivity contribution is -0.129. The smallest absolute Gasteiger partial charge is 0.348 e. The zero-order valence-electron chi connectivity index (χ0n) is 17.9. The fourth-order valence-corrected chi connectivity index (χ4v) is 3.94. The highest BCUT2D eigenvalue weighted by atomic mass is 16.2. The van der Waals surface area contributed by atoms with E-state index in [9.17, 15) is 14.4 Å². The maximum atomic E-state index is 12.5. The van der Waals surface area contributed by atoms with Crippen LogP contribution in [0.2, 0.25) is 0 Å². The van der Waals surface area contributed by atoms with Crippen LogP contribution in [-0.2, 0) is 17.8 Å². The van der Waals surface area contributed by atoms with Crippen LogP contribution in [0.5, 0.6) is 0 Å². The minimum absolute atomic E-state index is 0.196. The molecule has 1 atom stereocenters. The molecular weight excluding hydrogens is 382 g/mol. The number of carbonyl (C=O) groups is 2. The molecule has 1 fully saturated rings. The number of pyridine rings is 1. The molecule has 0 aromatic carbocycles. The van der Waals surface area contributed by atoms with E-state index in [2.05, 4.69) is 15.3 Å². The van der Waals surface area contributed by atoms with Gasteiger partial charge in [0.1, 0.15) is 0 Å². The lowest BCUT2D eigenvalue weighted by Crippen LogP contribution is -2.33. The Hall–Kier alpha value is -3.03. The molecule has 1 unspecified atom stereocenters. The highest BCUT2D eigenvalue weighted by Gasteiger charge is 2.25. The number of aryl methyl sites for hydroxylation is 2. The molecule has 30 heavy (non-hydrogen) atoms. The Morgan fingerprint density at radius 2 is 2.03 bits per heavy atom. The van der Waals surface area contributed by atoms with E-state index in [4.69, 9.17) is 0 Å². The molecule has 0 radical (unpaired) electrons. The number of nitrogens with one attached hydrogen (secondary N) is 1. The van der Waals surface area contributed by atoms with Crippen LogP contribution in [0, 0.1) is 19.8 Å². The summed E-state index contributed by atoms with van der Waals surface area (Å²) >= 11 is 0. The van der Waals surface area contributed by atoms with E-state index in [1.54, 1.807) is 23.9 Å². The van der Waals surface area contributed by atoms with Crippen molar-refractivity contribution in [2.75, 3.05) is 19.6 Å². The van der Waals surface area contributed by atoms with Gasteiger partial charge in [0.05, 0.1) is 5.56 Å². The number of nitrogens with zero attached hydrogens (tertiary/aromatic N) is 4. The molecule has 0 bridgehead atoms. The number of rotatable bonds is 7. The first-order valence-corrected chi connectivity index (χ1v) is 10.4. The predicted molar refractivity (Wildman–Crippen MR) is 113 cm³/mol. The molecule has 2 aromatic rings. The second-order valence-corrected chi connectivity index (χ2v) is 7.86. The summed E-state index contributed by atoms with van der Waals surface area (Å²) in [6.07, 6.45) is 5.63. The molecule has 2 aromatic heterocycles. The second-order valence-electron chi connectivity index (χ2n) is 7.86. The molecule has 1 aliphatic rings. The Labute approximate surface area is 176 Å². The number of likely N-dealkylation sites (tertiary alicyclic amines) is 1. The fraction of sp³-hybridized carbons (Fsp3) is 0.500. The van der Waals surface area contributed by atoms with E-state index < -0.39 is 0 Å². The van der Waals surface area contributed by atoms with E-state index in [0.29, 0.717) is 36.7 Å². The van der Waals surface area contributed by atoms with Gasteiger partial charge in [-0.05, 0) is 50.3 Å². The highest BCUT2D eigenvalue weighted by molar-refractivity contribution is 5.94. The first kappa shape index (κ1) is 21.7. The lowest BCUT2D eigenvalue weighted by atomic mass is 9.99. The van der Waals surface area contributed by atoms with E-state index >= 15 is 0 Å². The summed E-state index contributed by atoms with van der Waals surface area (Å²) in [5.41, 5.74) is 2.69. The largest absolute Gasteiger partial charge is 0.350 e. The standard InChI is InChI=1S/C22H29N5O3/c1-4-20(28)26-7-5-17(14-26)10-18-11-19(13-23-12-18)21(29)24-6-8-27-16(3)9-15(2)25-22(27)30/h9,11-13,17H,4-8,10,14H2,1-3H3,(H,24,29). The van der Waals surface area contributed by atoms with Crippen LogP contribution in [0.1, 0.15) is 47.1 Å². The van der Waals surface area contributed by atoms with Crippen LogP contribution in [0.3, 0.4) is 0 Å². The minimum Gasteiger partial charge on any atom is -0.350 e. The molecule has 0 aliphatic carbocycles. The summed E-state index contributed by atoms with van der Waals surface area (Å²) in [6.45, 7) is 7.77. The SMILES string of the molecule is CCC(=O)N1CCC(Cc2cncc(C(=O)NCCn3c(C)cc(C)nc3=O)c2)C1. The molecule has 1 N–H and O–H groups in total. The van der Waals surface area contributed by atoms with Gasteiger partial charge in [-0.3, -0.25) is 19.1 Å². The third-order valence-corrected chi connectivity index (χ3v) is 5.49. The van der Waals surface area contributed by atoms with Gasteiger partial charge in [-0.25, -0.2) is 4.79 Å². The average molecular weight is 412 g/mol. The van der Waals surface area contributed by atoms with E-state index in [0.717, 1.165) is 37.2 Å². The van der Waals surface area contributed by atoms with Crippen molar-refractivity contribution in [1.82, 2.24) is 24.8 Å². The third kappa shape index (κ3) is 5.31. The first-order chi connectivity index (χ1) is 14.4. The van der Waals surface area contributed by atoms with Gasteiger partial charge in [0.25, 0.3) is 5.91 Å². The Morgan fingerprint density at radius 3 is 2.77 bits per heavy atom. The maximum Gasteiger partial charge on any atom is 0.348 e. The zero-order valence-corrected chi connectivity index (χ0v) is 17.9. The summed E-state index contributed by atoms with van der Waals surface area (Å²) in [7, 11) is 0. The molecule has 0 spiro atoms. The number of aromatic nitrogens is 3. The summed E-state index contributed by atoms with van der Waals surface area (Å²) in [5.74, 6) is 0.371. The molecule has 8 heteroatoms. The van der Waals surface area contributed by atoms with Crippen molar-refractivity contribution in [2.24, 2.45) is 5.92 Å². The summed E-state index contributed by atoms with van der Waals surface area (Å²) in [4.78, 5) is 46.4. The van der Waals surface area contributed by atoms with Crippen molar-refractivity contribution in [3.8, 4) is 0 Å². The van der Waals surface area contributed by atoms with E-state index in [1.807, 2.05) is 30.9 Å². The van der Waals surface area contributed by atoms with Crippen LogP contribution >= 0.6 is 0 Å². The molecule has 1 aliphatic heterocycles. The third-order valence-electron chi connectivity index (χ3n) is 5.49. The van der Waals surface area contributed by atoms with Gasteiger partial charge in [-0.1, -0.05) is 6.92 Å². The minimum atomic E-state index is -0.308. The van der Waals surface area contributed by atoms with Crippen LogP contribution in [0.15, 0.2) is 29.3 Å². The number of hydrogen-bond acceptors (Lipinski definition) is 5. The van der Waals surface area contributed by atoms with Gasteiger partial charge in [-0.2, -0.15) is 4.98 Å². The molecule has 2 amide bonds. The van der Waals surface area contributed by atoms with Crippen molar-refractivity contribution in [1.29, 1.82) is 0 Å². The average Bonchev–Trinajstić information content (AvgIpc) is 3.17. The topological polar surface area (TPSA) is 97.2 Å². The molecule has 0 saturated carbocycles. The maximum absolute atomic E-state index is 12.5. The molecule has 8 nitrogen and oxygen atoms in total. The Morgan fingerprint density at radius 1 is 1.23 bits per heavy atom. The summed E-state index contributed by atoms with van der Waals surface area (Å²) in [6, 6.07) is 3.70. The highest BCUT2D eigenvalue weighted by Crippen LogP contribution is 2.21. The van der Waals surface area contributed by atoms with E-state index in [-0.39, 0.29) is 17.5 Å². The molecule has 1 saturated heterocycles.